The van der Waals surface area contributed by atoms with Gasteiger partial charge in [-0.3, -0.25) is 4.79 Å². The van der Waals surface area contributed by atoms with Crippen LogP contribution in [0.4, 0.5) is 11.5 Å². The van der Waals surface area contributed by atoms with E-state index in [4.69, 9.17) is 0 Å². The van der Waals surface area contributed by atoms with Crippen molar-refractivity contribution in [2.45, 2.75) is 18.9 Å². The summed E-state index contributed by atoms with van der Waals surface area (Å²) in [6.45, 7) is 3.30. The van der Waals surface area contributed by atoms with Crippen LogP contribution in [0.15, 0.2) is 42.6 Å². The van der Waals surface area contributed by atoms with Gasteiger partial charge in [0.05, 0.1) is 11.3 Å². The number of piperazine rings is 1. The molecular formula is C19H22N4O2. The number of hydrogen-bond donors (Lipinski definition) is 2. The Morgan fingerprint density at radius 2 is 1.76 bits per heavy atom. The summed E-state index contributed by atoms with van der Waals surface area (Å²) in [6, 6.07) is 11.5. The first-order chi connectivity index (χ1) is 12.2. The number of para-hydroxylation sites is 2. The average molecular weight is 338 g/mol. The second kappa shape index (κ2) is 6.63. The van der Waals surface area contributed by atoms with E-state index >= 15 is 0 Å². The van der Waals surface area contributed by atoms with Gasteiger partial charge >= 0.3 is 0 Å². The number of rotatable bonds is 4. The molecule has 1 aromatic carbocycles. The Morgan fingerprint density at radius 1 is 1.04 bits per heavy atom. The highest BCUT2D eigenvalue weighted by atomic mass is 16.3. The average Bonchev–Trinajstić information content (AvgIpc) is 3.46. The second-order valence-electron chi connectivity index (χ2n) is 6.62. The van der Waals surface area contributed by atoms with E-state index in [-0.39, 0.29) is 5.91 Å². The summed E-state index contributed by atoms with van der Waals surface area (Å²) in [5.41, 5.74) is 1.49. The van der Waals surface area contributed by atoms with Crippen LogP contribution in [0.2, 0.25) is 0 Å². The van der Waals surface area contributed by atoms with Crippen LogP contribution in [-0.4, -0.2) is 48.2 Å². The molecule has 0 radical (unpaired) electrons. The van der Waals surface area contributed by atoms with Crippen LogP contribution in [0, 0.1) is 0 Å². The maximum Gasteiger partial charge on any atom is 0.253 e. The number of hydrogen-bond acceptors (Lipinski definition) is 5. The number of phenolic OH excluding ortho intramolecular Hbond substituents is 1. The molecule has 0 atom stereocenters. The molecule has 1 saturated heterocycles. The number of benzene rings is 1. The lowest BCUT2D eigenvalue weighted by atomic mass is 10.2. The molecule has 1 amide bonds. The van der Waals surface area contributed by atoms with E-state index in [1.165, 1.54) is 0 Å². The van der Waals surface area contributed by atoms with Crippen LogP contribution in [0.5, 0.6) is 5.75 Å². The number of nitrogens with one attached hydrogen (secondary N) is 1. The number of phenols is 1. The number of aromatic hydroxyl groups is 1. The Kier molecular flexibility index (Phi) is 4.17. The van der Waals surface area contributed by atoms with E-state index in [0.717, 1.165) is 50.5 Å². The number of anilines is 2. The van der Waals surface area contributed by atoms with Gasteiger partial charge in [0.25, 0.3) is 5.91 Å². The summed E-state index contributed by atoms with van der Waals surface area (Å²) in [5.74, 6) is 1.17. The lowest BCUT2D eigenvalue weighted by Crippen LogP contribution is -2.46. The van der Waals surface area contributed by atoms with Crippen molar-refractivity contribution in [3.05, 3.63) is 48.2 Å². The largest absolute Gasteiger partial charge is 0.506 e. The first-order valence-electron chi connectivity index (χ1n) is 8.75. The molecule has 4 rings (SSSR count). The third-order valence-corrected chi connectivity index (χ3v) is 4.75. The Balaban J connectivity index is 1.37. The maximum atomic E-state index is 12.0. The van der Waals surface area contributed by atoms with Crippen LogP contribution in [0.3, 0.4) is 0 Å². The van der Waals surface area contributed by atoms with E-state index in [0.29, 0.717) is 17.4 Å². The van der Waals surface area contributed by atoms with Crippen molar-refractivity contribution in [1.82, 2.24) is 10.3 Å². The minimum absolute atomic E-state index is 0.0362. The zero-order valence-electron chi connectivity index (χ0n) is 14.1. The zero-order valence-corrected chi connectivity index (χ0v) is 14.1. The quantitative estimate of drug-likeness (QED) is 0.892. The predicted molar refractivity (Wildman–Crippen MR) is 97.3 cm³/mol. The molecule has 0 bridgehead atoms. The van der Waals surface area contributed by atoms with Crippen LogP contribution in [0.25, 0.3) is 0 Å². The van der Waals surface area contributed by atoms with Crippen molar-refractivity contribution in [2.75, 3.05) is 36.0 Å². The molecule has 25 heavy (non-hydrogen) atoms. The molecule has 1 saturated carbocycles. The molecule has 6 nitrogen and oxygen atoms in total. The van der Waals surface area contributed by atoms with Gasteiger partial charge in [-0.2, -0.15) is 0 Å². The van der Waals surface area contributed by atoms with Crippen LogP contribution in [0.1, 0.15) is 23.2 Å². The highest BCUT2D eigenvalue weighted by molar-refractivity contribution is 5.94. The second-order valence-corrected chi connectivity index (χ2v) is 6.62. The van der Waals surface area contributed by atoms with E-state index in [2.05, 4.69) is 20.1 Å². The molecule has 1 aliphatic heterocycles. The van der Waals surface area contributed by atoms with Gasteiger partial charge in [0.15, 0.2) is 0 Å². The van der Waals surface area contributed by atoms with Crippen molar-refractivity contribution in [2.24, 2.45) is 0 Å². The van der Waals surface area contributed by atoms with Gasteiger partial charge in [0.1, 0.15) is 11.6 Å². The van der Waals surface area contributed by atoms with Gasteiger partial charge in [-0.1, -0.05) is 12.1 Å². The molecular weight excluding hydrogens is 316 g/mol. The van der Waals surface area contributed by atoms with E-state index < -0.39 is 0 Å². The number of amides is 1. The fraction of sp³-hybridized carbons (Fsp3) is 0.368. The first-order valence-corrected chi connectivity index (χ1v) is 8.75. The molecule has 1 aromatic heterocycles. The molecule has 0 unspecified atom stereocenters. The molecule has 6 heteroatoms. The maximum absolute atomic E-state index is 12.0. The smallest absolute Gasteiger partial charge is 0.253 e. The highest BCUT2D eigenvalue weighted by Crippen LogP contribution is 2.28. The molecule has 1 aliphatic carbocycles. The van der Waals surface area contributed by atoms with Gasteiger partial charge in [-0.05, 0) is 37.1 Å². The first kappa shape index (κ1) is 15.7. The van der Waals surface area contributed by atoms with Crippen molar-refractivity contribution in [3.63, 3.8) is 0 Å². The molecule has 2 N–H and O–H groups in total. The topological polar surface area (TPSA) is 68.7 Å². The summed E-state index contributed by atoms with van der Waals surface area (Å²) < 4.78 is 0. The van der Waals surface area contributed by atoms with Gasteiger partial charge in [-0.15, -0.1) is 0 Å². The molecule has 0 spiro atoms. The van der Waals surface area contributed by atoms with Crippen molar-refractivity contribution >= 4 is 17.4 Å². The summed E-state index contributed by atoms with van der Waals surface area (Å²) in [5, 5.41) is 13.0. The monoisotopic (exact) mass is 338 g/mol. The highest BCUT2D eigenvalue weighted by Gasteiger charge is 2.24. The summed E-state index contributed by atoms with van der Waals surface area (Å²) in [6.07, 6.45) is 3.82. The molecule has 2 fully saturated rings. The molecule has 130 valence electrons. The number of carbonyl (C=O) groups excluding carboxylic acids is 1. The molecule has 2 heterocycles. The Hall–Kier alpha value is -2.76. The van der Waals surface area contributed by atoms with Gasteiger partial charge in [0.2, 0.25) is 0 Å². The Morgan fingerprint density at radius 3 is 2.40 bits per heavy atom. The van der Waals surface area contributed by atoms with Crippen molar-refractivity contribution in [1.29, 1.82) is 0 Å². The van der Waals surface area contributed by atoms with Crippen LogP contribution in [-0.2, 0) is 0 Å². The Bertz CT molecular complexity index is 750. The third kappa shape index (κ3) is 3.52. The summed E-state index contributed by atoms with van der Waals surface area (Å²) in [4.78, 5) is 20.9. The fourth-order valence-electron chi connectivity index (χ4n) is 3.11. The third-order valence-electron chi connectivity index (χ3n) is 4.75. The van der Waals surface area contributed by atoms with Gasteiger partial charge in [0, 0.05) is 38.4 Å². The Labute approximate surface area is 147 Å². The van der Waals surface area contributed by atoms with E-state index in [9.17, 15) is 9.90 Å². The fourth-order valence-corrected chi connectivity index (χ4v) is 3.11. The predicted octanol–water partition coefficient (Wildman–Crippen LogP) is 2.01. The molecule has 2 aromatic rings. The van der Waals surface area contributed by atoms with Crippen molar-refractivity contribution < 1.29 is 9.90 Å². The van der Waals surface area contributed by atoms with Gasteiger partial charge in [-0.25, -0.2) is 4.98 Å². The minimum atomic E-state index is -0.0362. The van der Waals surface area contributed by atoms with E-state index in [1.54, 1.807) is 12.3 Å². The zero-order chi connectivity index (χ0) is 17.2. The number of carbonyl (C=O) groups is 1. The van der Waals surface area contributed by atoms with Crippen molar-refractivity contribution in [3.8, 4) is 5.75 Å². The lowest BCUT2D eigenvalue weighted by Gasteiger charge is -2.36. The van der Waals surface area contributed by atoms with E-state index in [1.807, 2.05) is 30.3 Å². The lowest BCUT2D eigenvalue weighted by molar-refractivity contribution is 0.0950. The summed E-state index contributed by atoms with van der Waals surface area (Å²) >= 11 is 0. The number of nitrogens with zero attached hydrogens (tertiary/aromatic N) is 3. The summed E-state index contributed by atoms with van der Waals surface area (Å²) in [7, 11) is 0. The van der Waals surface area contributed by atoms with Gasteiger partial charge < -0.3 is 20.2 Å². The minimum Gasteiger partial charge on any atom is -0.506 e. The number of pyridine rings is 1. The number of aromatic nitrogens is 1. The normalized spacial score (nSPS) is 17.4. The standard InChI is InChI=1S/C19H22N4O2/c24-17-4-2-1-3-16(17)22-9-11-23(12-10-22)18-8-5-14(13-20-18)19(25)21-15-6-7-15/h1-5,8,13,15,24H,6-7,9-12H2,(H,21,25). The van der Waals surface area contributed by atoms with Crippen LogP contribution >= 0.6 is 0 Å². The molecule has 2 aliphatic rings. The van der Waals surface area contributed by atoms with Crippen LogP contribution < -0.4 is 15.1 Å². The SMILES string of the molecule is O=C(NC1CC1)c1ccc(N2CCN(c3ccccc3O)CC2)nc1.